The van der Waals surface area contributed by atoms with Crippen molar-refractivity contribution in [3.63, 3.8) is 0 Å². The van der Waals surface area contributed by atoms with E-state index in [2.05, 4.69) is 18.8 Å². The smallest absolute Gasteiger partial charge is 0.171 e. The first kappa shape index (κ1) is 14.7. The van der Waals surface area contributed by atoms with Gasteiger partial charge in [0.2, 0.25) is 0 Å². The molecule has 0 amide bonds. The molecule has 4 heteroatoms. The number of rotatable bonds is 4. The number of carbonyl (C=O) groups excluding carboxylic acids is 1. The quantitative estimate of drug-likeness (QED) is 0.848. The minimum atomic E-state index is -0.556. The highest BCUT2D eigenvalue weighted by atomic mass is 32.1. The van der Waals surface area contributed by atoms with Gasteiger partial charge in [-0.3, -0.25) is 4.79 Å². The van der Waals surface area contributed by atoms with Crippen LogP contribution >= 0.6 is 11.3 Å². The van der Waals surface area contributed by atoms with Crippen LogP contribution in [0.1, 0.15) is 48.2 Å². The van der Waals surface area contributed by atoms with E-state index in [1.165, 1.54) is 4.88 Å². The molecule has 0 radical (unpaired) electrons. The van der Waals surface area contributed by atoms with Crippen LogP contribution in [0.15, 0.2) is 0 Å². The molecule has 0 aromatic carbocycles. The highest BCUT2D eigenvalue weighted by Gasteiger charge is 2.40. The second kappa shape index (κ2) is 5.71. The Morgan fingerprint density at radius 1 is 1.42 bits per heavy atom. The molecule has 0 N–H and O–H groups in total. The van der Waals surface area contributed by atoms with Crippen LogP contribution in [-0.2, 0) is 16.0 Å². The minimum absolute atomic E-state index is 0.204. The lowest BCUT2D eigenvalue weighted by Gasteiger charge is -2.36. The molecule has 0 atom stereocenters. The number of aromatic nitrogens is 1. The lowest BCUT2D eigenvalue weighted by molar-refractivity contribution is -0.145. The third-order valence-corrected chi connectivity index (χ3v) is 5.44. The SMILES string of the molecule is COC1(C(=O)Cc2nc(C)c(C)s2)CCC(C)CC1. The molecule has 1 aromatic heterocycles. The van der Waals surface area contributed by atoms with E-state index in [1.807, 2.05) is 6.92 Å². The summed E-state index contributed by atoms with van der Waals surface area (Å²) in [5, 5.41) is 0.926. The fourth-order valence-electron chi connectivity index (χ4n) is 2.74. The topological polar surface area (TPSA) is 39.2 Å². The van der Waals surface area contributed by atoms with Gasteiger partial charge in [-0.1, -0.05) is 6.92 Å². The number of carbonyl (C=O) groups is 1. The van der Waals surface area contributed by atoms with Crippen molar-refractivity contribution < 1.29 is 9.53 Å². The van der Waals surface area contributed by atoms with Crippen LogP contribution in [-0.4, -0.2) is 23.5 Å². The van der Waals surface area contributed by atoms with Crippen molar-refractivity contribution in [2.24, 2.45) is 5.92 Å². The molecule has 0 saturated heterocycles. The molecule has 1 heterocycles. The second-order valence-electron chi connectivity index (χ2n) is 5.73. The zero-order chi connectivity index (χ0) is 14.0. The van der Waals surface area contributed by atoms with E-state index in [1.54, 1.807) is 18.4 Å². The Morgan fingerprint density at radius 3 is 2.53 bits per heavy atom. The Bertz CT molecular complexity index is 439. The van der Waals surface area contributed by atoms with Crippen molar-refractivity contribution in [2.45, 2.75) is 58.5 Å². The summed E-state index contributed by atoms with van der Waals surface area (Å²) in [5.74, 6) is 0.913. The number of ketones is 1. The van der Waals surface area contributed by atoms with Crippen molar-refractivity contribution in [3.8, 4) is 0 Å². The summed E-state index contributed by atoms with van der Waals surface area (Å²) in [6.07, 6.45) is 4.28. The summed E-state index contributed by atoms with van der Waals surface area (Å²) >= 11 is 1.63. The molecule has 0 unspecified atom stereocenters. The van der Waals surface area contributed by atoms with Gasteiger partial charge in [0, 0.05) is 12.0 Å². The number of aryl methyl sites for hydroxylation is 2. The van der Waals surface area contributed by atoms with Crippen LogP contribution in [0.3, 0.4) is 0 Å². The Labute approximate surface area is 119 Å². The van der Waals surface area contributed by atoms with Crippen molar-refractivity contribution in [2.75, 3.05) is 7.11 Å². The first-order chi connectivity index (χ1) is 8.97. The Kier molecular flexibility index (Phi) is 4.41. The fourth-order valence-corrected chi connectivity index (χ4v) is 3.67. The van der Waals surface area contributed by atoms with Crippen molar-refractivity contribution in [3.05, 3.63) is 15.6 Å². The minimum Gasteiger partial charge on any atom is -0.370 e. The summed E-state index contributed by atoms with van der Waals surface area (Å²) in [6.45, 7) is 6.29. The van der Waals surface area contributed by atoms with E-state index in [4.69, 9.17) is 4.74 Å². The van der Waals surface area contributed by atoms with Crippen molar-refractivity contribution >= 4 is 17.1 Å². The largest absolute Gasteiger partial charge is 0.370 e. The van der Waals surface area contributed by atoms with Gasteiger partial charge in [0.15, 0.2) is 5.78 Å². The van der Waals surface area contributed by atoms with Crippen molar-refractivity contribution in [1.82, 2.24) is 4.98 Å². The first-order valence-corrected chi connectivity index (χ1v) is 7.80. The van der Waals surface area contributed by atoms with Gasteiger partial charge in [0.1, 0.15) is 10.6 Å². The molecule has 1 aliphatic rings. The van der Waals surface area contributed by atoms with Gasteiger partial charge >= 0.3 is 0 Å². The zero-order valence-electron chi connectivity index (χ0n) is 12.3. The zero-order valence-corrected chi connectivity index (χ0v) is 13.1. The maximum absolute atomic E-state index is 12.6. The second-order valence-corrected chi connectivity index (χ2v) is 7.02. The van der Waals surface area contributed by atoms with E-state index in [-0.39, 0.29) is 5.78 Å². The highest BCUT2D eigenvalue weighted by Crippen LogP contribution is 2.36. The molecule has 1 aromatic rings. The third kappa shape index (κ3) is 3.06. The normalized spacial score (nSPS) is 27.5. The summed E-state index contributed by atoms with van der Waals surface area (Å²) in [4.78, 5) is 18.3. The van der Waals surface area contributed by atoms with E-state index < -0.39 is 5.60 Å². The van der Waals surface area contributed by atoms with E-state index in [0.29, 0.717) is 12.3 Å². The van der Waals surface area contributed by atoms with Crippen LogP contribution in [0.25, 0.3) is 0 Å². The standard InChI is InChI=1S/C15H23NO2S/c1-10-5-7-15(18-4,8-6-10)13(17)9-14-16-11(2)12(3)19-14/h10H,5-9H2,1-4H3. The molecule has 1 aliphatic carbocycles. The molecular formula is C15H23NO2S. The summed E-state index contributed by atoms with van der Waals surface area (Å²) in [6, 6.07) is 0. The Balaban J connectivity index is 2.09. The Morgan fingerprint density at radius 2 is 2.05 bits per heavy atom. The molecule has 1 saturated carbocycles. The van der Waals surface area contributed by atoms with Crippen LogP contribution in [0.2, 0.25) is 0 Å². The molecule has 1 fully saturated rings. The molecule has 19 heavy (non-hydrogen) atoms. The van der Waals surface area contributed by atoms with E-state index in [9.17, 15) is 4.79 Å². The molecule has 106 valence electrons. The molecule has 3 nitrogen and oxygen atoms in total. The van der Waals surface area contributed by atoms with Gasteiger partial charge in [-0.05, 0) is 45.4 Å². The lowest BCUT2D eigenvalue weighted by Crippen LogP contribution is -2.44. The van der Waals surface area contributed by atoms with Gasteiger partial charge in [-0.2, -0.15) is 0 Å². The molecule has 0 bridgehead atoms. The Hall–Kier alpha value is -0.740. The predicted molar refractivity (Wildman–Crippen MR) is 77.7 cm³/mol. The summed E-state index contributed by atoms with van der Waals surface area (Å²) < 4.78 is 5.63. The van der Waals surface area contributed by atoms with Crippen LogP contribution < -0.4 is 0 Å². The molecule has 0 spiro atoms. The number of hydrogen-bond acceptors (Lipinski definition) is 4. The monoisotopic (exact) mass is 281 g/mol. The summed E-state index contributed by atoms with van der Waals surface area (Å²) in [5.41, 5.74) is 0.483. The van der Waals surface area contributed by atoms with E-state index >= 15 is 0 Å². The fraction of sp³-hybridized carbons (Fsp3) is 0.733. The van der Waals surface area contributed by atoms with Gasteiger partial charge in [0.05, 0.1) is 12.1 Å². The molecular weight excluding hydrogens is 258 g/mol. The number of thiazole rings is 1. The summed E-state index contributed by atoms with van der Waals surface area (Å²) in [7, 11) is 1.67. The average Bonchev–Trinajstić information content (AvgIpc) is 2.69. The van der Waals surface area contributed by atoms with E-state index in [0.717, 1.165) is 36.4 Å². The highest BCUT2D eigenvalue weighted by molar-refractivity contribution is 7.11. The van der Waals surface area contributed by atoms with Gasteiger partial charge in [-0.25, -0.2) is 4.98 Å². The maximum Gasteiger partial charge on any atom is 0.171 e. The molecule has 0 aliphatic heterocycles. The van der Waals surface area contributed by atoms with Crippen LogP contribution in [0.5, 0.6) is 0 Å². The number of ether oxygens (including phenoxy) is 1. The maximum atomic E-state index is 12.6. The number of hydrogen-bond donors (Lipinski definition) is 0. The number of Topliss-reactive ketones (excluding diaryl/α,β-unsaturated/α-hetero) is 1. The number of methoxy groups -OCH3 is 1. The predicted octanol–water partition coefficient (Wildman–Crippen LogP) is 3.47. The third-order valence-electron chi connectivity index (χ3n) is 4.37. The van der Waals surface area contributed by atoms with Crippen LogP contribution in [0, 0.1) is 19.8 Å². The lowest BCUT2D eigenvalue weighted by atomic mass is 9.76. The van der Waals surface area contributed by atoms with Crippen LogP contribution in [0.4, 0.5) is 0 Å². The van der Waals surface area contributed by atoms with Gasteiger partial charge < -0.3 is 4.74 Å². The van der Waals surface area contributed by atoms with Crippen molar-refractivity contribution in [1.29, 1.82) is 0 Å². The number of nitrogens with zero attached hydrogens (tertiary/aromatic N) is 1. The molecule has 2 rings (SSSR count). The first-order valence-electron chi connectivity index (χ1n) is 6.98. The van der Waals surface area contributed by atoms with Gasteiger partial charge in [0.25, 0.3) is 0 Å². The average molecular weight is 281 g/mol. The van der Waals surface area contributed by atoms with Gasteiger partial charge in [-0.15, -0.1) is 11.3 Å².